The number of hydrogen-bond acceptors (Lipinski definition) is 5. The van der Waals surface area contributed by atoms with Gasteiger partial charge in [0.15, 0.2) is 5.58 Å². The highest BCUT2D eigenvalue weighted by Crippen LogP contribution is 2.24. The number of anilines is 1. The second kappa shape index (κ2) is 6.69. The molecule has 0 saturated carbocycles. The summed E-state index contributed by atoms with van der Waals surface area (Å²) in [6.07, 6.45) is 4.76. The van der Waals surface area contributed by atoms with Crippen molar-refractivity contribution < 1.29 is 8.81 Å². The summed E-state index contributed by atoms with van der Waals surface area (Å²) < 4.78 is 18.9. The summed E-state index contributed by atoms with van der Waals surface area (Å²) in [5.74, 6) is -0.284. The summed E-state index contributed by atoms with van der Waals surface area (Å²) in [5, 5.41) is 3.39. The number of hydrogen-bond donors (Lipinski definition) is 1. The molecule has 2 aliphatic rings. The molecule has 2 fully saturated rings. The van der Waals surface area contributed by atoms with Crippen molar-refractivity contribution >= 4 is 17.1 Å². The van der Waals surface area contributed by atoms with Crippen molar-refractivity contribution in [3.63, 3.8) is 0 Å². The number of benzene rings is 1. The SMILES string of the molecule is CN1CCC(N2CCC(Nc3nc4cc(F)ccc4o3)CC2)CC1. The zero-order valence-electron chi connectivity index (χ0n) is 14.2. The molecule has 2 aliphatic heterocycles. The van der Waals surface area contributed by atoms with E-state index in [0.29, 0.717) is 23.2 Å². The Labute approximate surface area is 141 Å². The maximum atomic E-state index is 13.2. The molecule has 1 aromatic heterocycles. The summed E-state index contributed by atoms with van der Waals surface area (Å²) in [6.45, 7) is 4.67. The van der Waals surface area contributed by atoms with E-state index in [1.165, 1.54) is 38.1 Å². The first-order chi connectivity index (χ1) is 11.7. The smallest absolute Gasteiger partial charge is 0.295 e. The van der Waals surface area contributed by atoms with Crippen LogP contribution in [0.4, 0.5) is 10.4 Å². The third-order valence-electron chi connectivity index (χ3n) is 5.41. The number of nitrogens with zero attached hydrogens (tertiary/aromatic N) is 3. The molecule has 0 amide bonds. The van der Waals surface area contributed by atoms with Gasteiger partial charge in [-0.15, -0.1) is 0 Å². The summed E-state index contributed by atoms with van der Waals surface area (Å²) in [4.78, 5) is 9.41. The van der Waals surface area contributed by atoms with Gasteiger partial charge < -0.3 is 19.5 Å². The molecule has 0 atom stereocenters. The summed E-state index contributed by atoms with van der Waals surface area (Å²) in [6, 6.07) is 6.07. The van der Waals surface area contributed by atoms with Crippen molar-refractivity contribution in [2.24, 2.45) is 0 Å². The summed E-state index contributed by atoms with van der Waals surface area (Å²) in [7, 11) is 2.21. The third kappa shape index (κ3) is 3.39. The minimum absolute atomic E-state index is 0.284. The lowest BCUT2D eigenvalue weighted by Gasteiger charge is -2.41. The molecule has 6 heteroatoms. The molecule has 4 rings (SSSR count). The van der Waals surface area contributed by atoms with Crippen LogP contribution in [0.5, 0.6) is 0 Å². The maximum Gasteiger partial charge on any atom is 0.295 e. The van der Waals surface area contributed by atoms with Gasteiger partial charge in [0.1, 0.15) is 11.3 Å². The van der Waals surface area contributed by atoms with Gasteiger partial charge in [-0.1, -0.05) is 0 Å². The Morgan fingerprint density at radius 2 is 1.88 bits per heavy atom. The Bertz CT molecular complexity index is 687. The van der Waals surface area contributed by atoms with Crippen molar-refractivity contribution in [2.45, 2.75) is 37.8 Å². The van der Waals surface area contributed by atoms with Crippen LogP contribution in [0.1, 0.15) is 25.7 Å². The molecule has 130 valence electrons. The summed E-state index contributed by atoms with van der Waals surface area (Å²) >= 11 is 0. The largest absolute Gasteiger partial charge is 0.424 e. The first-order valence-electron chi connectivity index (χ1n) is 8.92. The first kappa shape index (κ1) is 15.8. The van der Waals surface area contributed by atoms with E-state index in [4.69, 9.17) is 4.42 Å². The fourth-order valence-electron chi connectivity index (χ4n) is 3.91. The normalized spacial score (nSPS) is 22.2. The Balaban J connectivity index is 1.32. The fourth-order valence-corrected chi connectivity index (χ4v) is 3.91. The predicted molar refractivity (Wildman–Crippen MR) is 92.7 cm³/mol. The van der Waals surface area contributed by atoms with Crippen LogP contribution in [0.25, 0.3) is 11.1 Å². The van der Waals surface area contributed by atoms with E-state index >= 15 is 0 Å². The van der Waals surface area contributed by atoms with Gasteiger partial charge >= 0.3 is 0 Å². The molecule has 0 aliphatic carbocycles. The highest BCUT2D eigenvalue weighted by Gasteiger charge is 2.27. The van der Waals surface area contributed by atoms with Crippen molar-refractivity contribution in [1.82, 2.24) is 14.8 Å². The van der Waals surface area contributed by atoms with Crippen LogP contribution >= 0.6 is 0 Å². The number of nitrogens with one attached hydrogen (secondary N) is 1. The van der Waals surface area contributed by atoms with Crippen LogP contribution in [0.3, 0.4) is 0 Å². The molecule has 0 unspecified atom stereocenters. The van der Waals surface area contributed by atoms with Crippen LogP contribution < -0.4 is 5.32 Å². The highest BCUT2D eigenvalue weighted by atomic mass is 19.1. The highest BCUT2D eigenvalue weighted by molar-refractivity contribution is 5.74. The molecule has 0 bridgehead atoms. The van der Waals surface area contributed by atoms with Gasteiger partial charge in [0, 0.05) is 31.2 Å². The Morgan fingerprint density at radius 3 is 2.62 bits per heavy atom. The molecule has 24 heavy (non-hydrogen) atoms. The minimum Gasteiger partial charge on any atom is -0.424 e. The van der Waals surface area contributed by atoms with Crippen molar-refractivity contribution in [3.05, 3.63) is 24.0 Å². The molecular weight excluding hydrogens is 307 g/mol. The lowest BCUT2D eigenvalue weighted by atomic mass is 9.98. The van der Waals surface area contributed by atoms with E-state index in [1.54, 1.807) is 6.07 Å². The molecule has 5 nitrogen and oxygen atoms in total. The van der Waals surface area contributed by atoms with Gasteiger partial charge in [0.25, 0.3) is 6.01 Å². The molecule has 2 aromatic rings. The number of halogens is 1. The Hall–Kier alpha value is -1.66. The Kier molecular flexibility index (Phi) is 4.41. The first-order valence-corrected chi connectivity index (χ1v) is 8.92. The van der Waals surface area contributed by atoms with Crippen LogP contribution in [0.2, 0.25) is 0 Å². The topological polar surface area (TPSA) is 44.5 Å². The van der Waals surface area contributed by atoms with Crippen LogP contribution in [0, 0.1) is 5.82 Å². The van der Waals surface area contributed by atoms with Gasteiger partial charge in [-0.3, -0.25) is 0 Å². The number of piperidine rings is 2. The number of likely N-dealkylation sites (tertiary alicyclic amines) is 2. The third-order valence-corrected chi connectivity index (χ3v) is 5.41. The average molecular weight is 332 g/mol. The van der Waals surface area contributed by atoms with Gasteiger partial charge in [0.2, 0.25) is 0 Å². The standard InChI is InChI=1S/C18H25FN4O/c1-22-8-6-15(7-9-22)23-10-4-14(5-11-23)20-18-21-16-12-13(19)2-3-17(16)24-18/h2-3,12,14-15H,4-11H2,1H3,(H,20,21). The molecule has 0 radical (unpaired) electrons. The molecule has 1 N–H and O–H groups in total. The van der Waals surface area contributed by atoms with E-state index in [0.717, 1.165) is 32.0 Å². The van der Waals surface area contributed by atoms with E-state index < -0.39 is 0 Å². The van der Waals surface area contributed by atoms with Crippen LogP contribution in [-0.4, -0.2) is 60.1 Å². The summed E-state index contributed by atoms with van der Waals surface area (Å²) in [5.41, 5.74) is 1.20. The quantitative estimate of drug-likeness (QED) is 0.936. The zero-order valence-corrected chi connectivity index (χ0v) is 14.2. The van der Waals surface area contributed by atoms with Crippen LogP contribution in [-0.2, 0) is 0 Å². The molecular formula is C18H25FN4O. The molecule has 3 heterocycles. The van der Waals surface area contributed by atoms with E-state index in [2.05, 4.69) is 27.1 Å². The molecule has 1 aromatic carbocycles. The van der Waals surface area contributed by atoms with E-state index in [9.17, 15) is 4.39 Å². The van der Waals surface area contributed by atoms with Crippen LogP contribution in [0.15, 0.2) is 22.6 Å². The maximum absolute atomic E-state index is 13.2. The van der Waals surface area contributed by atoms with Crippen molar-refractivity contribution in [2.75, 3.05) is 38.5 Å². The second-order valence-corrected chi connectivity index (χ2v) is 7.12. The average Bonchev–Trinajstić information content (AvgIpc) is 2.98. The van der Waals surface area contributed by atoms with Gasteiger partial charge in [-0.05, 0) is 58.0 Å². The van der Waals surface area contributed by atoms with E-state index in [-0.39, 0.29) is 5.82 Å². The molecule has 2 saturated heterocycles. The van der Waals surface area contributed by atoms with Gasteiger partial charge in [-0.2, -0.15) is 4.98 Å². The minimum atomic E-state index is -0.284. The monoisotopic (exact) mass is 332 g/mol. The van der Waals surface area contributed by atoms with Gasteiger partial charge in [-0.25, -0.2) is 4.39 Å². The fraction of sp³-hybridized carbons (Fsp3) is 0.611. The van der Waals surface area contributed by atoms with E-state index in [1.807, 2.05) is 0 Å². The van der Waals surface area contributed by atoms with Gasteiger partial charge in [0.05, 0.1) is 0 Å². The zero-order chi connectivity index (χ0) is 16.5. The number of rotatable bonds is 3. The van der Waals surface area contributed by atoms with Crippen molar-refractivity contribution in [1.29, 1.82) is 0 Å². The lowest BCUT2D eigenvalue weighted by Crippen LogP contribution is -2.48. The number of aromatic nitrogens is 1. The van der Waals surface area contributed by atoms with Crippen molar-refractivity contribution in [3.8, 4) is 0 Å². The predicted octanol–water partition coefficient (Wildman–Crippen LogP) is 2.94. The molecule has 0 spiro atoms. The lowest BCUT2D eigenvalue weighted by molar-refractivity contribution is 0.0991. The Morgan fingerprint density at radius 1 is 1.12 bits per heavy atom. The number of fused-ring (bicyclic) bond motifs is 1. The second-order valence-electron chi connectivity index (χ2n) is 7.12. The number of oxazole rings is 1.